The predicted octanol–water partition coefficient (Wildman–Crippen LogP) is 2.43. The predicted molar refractivity (Wildman–Crippen MR) is 76.5 cm³/mol. The number of hydrogen-bond acceptors (Lipinski definition) is 2. The summed E-state index contributed by atoms with van der Waals surface area (Å²) in [7, 11) is 0. The third kappa shape index (κ3) is 3.74. The summed E-state index contributed by atoms with van der Waals surface area (Å²) in [6.07, 6.45) is 10.3. The van der Waals surface area contributed by atoms with Gasteiger partial charge >= 0.3 is 12.0 Å². The lowest BCUT2D eigenvalue weighted by Crippen LogP contribution is -2.49. The second-order valence-corrected chi connectivity index (χ2v) is 5.91. The number of carbonyl (C=O) groups is 2. The van der Waals surface area contributed by atoms with Crippen LogP contribution in [0.3, 0.4) is 0 Å². The van der Waals surface area contributed by atoms with Gasteiger partial charge in [-0.05, 0) is 44.9 Å². The first-order valence-electron chi connectivity index (χ1n) is 7.55. The topological polar surface area (TPSA) is 78.4 Å². The molecule has 2 aliphatic carbocycles. The van der Waals surface area contributed by atoms with Crippen molar-refractivity contribution in [3.05, 3.63) is 11.6 Å². The Kier molecular flexibility index (Phi) is 5.04. The van der Waals surface area contributed by atoms with Crippen molar-refractivity contribution < 1.29 is 14.7 Å². The van der Waals surface area contributed by atoms with Gasteiger partial charge in [0.15, 0.2) is 0 Å². The number of urea groups is 1. The van der Waals surface area contributed by atoms with Gasteiger partial charge in [-0.1, -0.05) is 18.1 Å². The molecule has 5 heteroatoms. The van der Waals surface area contributed by atoms with Crippen molar-refractivity contribution in [2.75, 3.05) is 13.1 Å². The van der Waals surface area contributed by atoms with Gasteiger partial charge in [0.2, 0.25) is 0 Å². The fourth-order valence-electron chi connectivity index (χ4n) is 2.85. The maximum Gasteiger partial charge on any atom is 0.314 e. The highest BCUT2D eigenvalue weighted by Crippen LogP contribution is 2.40. The van der Waals surface area contributed by atoms with E-state index < -0.39 is 11.4 Å². The summed E-state index contributed by atoms with van der Waals surface area (Å²) in [4.78, 5) is 22.8. The zero-order valence-corrected chi connectivity index (χ0v) is 11.9. The molecular weight excluding hydrogens is 256 g/mol. The minimum atomic E-state index is -0.795. The van der Waals surface area contributed by atoms with E-state index in [-0.39, 0.29) is 12.6 Å². The summed E-state index contributed by atoms with van der Waals surface area (Å²) in [5.74, 6) is -0.795. The van der Waals surface area contributed by atoms with Gasteiger partial charge in [-0.2, -0.15) is 0 Å². The molecule has 0 atom stereocenters. The molecular formula is C15H24N2O3. The zero-order valence-electron chi connectivity index (χ0n) is 11.9. The number of carbonyl (C=O) groups excluding carboxylic acids is 1. The van der Waals surface area contributed by atoms with Crippen LogP contribution in [0.15, 0.2) is 11.6 Å². The number of hydrogen-bond donors (Lipinski definition) is 3. The smallest absolute Gasteiger partial charge is 0.314 e. The molecule has 0 radical (unpaired) electrons. The summed E-state index contributed by atoms with van der Waals surface area (Å²) in [6, 6.07) is -0.256. The molecule has 1 saturated carbocycles. The van der Waals surface area contributed by atoms with Gasteiger partial charge < -0.3 is 15.7 Å². The number of amides is 2. The first-order chi connectivity index (χ1) is 9.62. The molecule has 0 aliphatic heterocycles. The molecule has 0 aromatic rings. The van der Waals surface area contributed by atoms with Crippen LogP contribution >= 0.6 is 0 Å². The fourth-order valence-corrected chi connectivity index (χ4v) is 2.85. The van der Waals surface area contributed by atoms with E-state index in [4.69, 9.17) is 5.11 Å². The normalized spacial score (nSPS) is 20.5. The van der Waals surface area contributed by atoms with Gasteiger partial charge in [0.25, 0.3) is 0 Å². The Hall–Kier alpha value is -1.52. The zero-order chi connectivity index (χ0) is 14.4. The van der Waals surface area contributed by atoms with Gasteiger partial charge in [0.1, 0.15) is 0 Å². The first kappa shape index (κ1) is 14.9. The Morgan fingerprint density at radius 1 is 1.20 bits per heavy atom. The van der Waals surface area contributed by atoms with Gasteiger partial charge in [0.05, 0.1) is 5.41 Å². The average Bonchev–Trinajstić information content (AvgIpc) is 2.38. The molecule has 2 amide bonds. The highest BCUT2D eigenvalue weighted by Gasteiger charge is 2.44. The Morgan fingerprint density at radius 3 is 2.55 bits per heavy atom. The maximum atomic E-state index is 11.7. The molecule has 112 valence electrons. The monoisotopic (exact) mass is 280 g/mol. The standard InChI is InChI=1S/C15H24N2O3/c18-13(19)15(8-4-9-15)11-17-14(20)16-10-7-12-5-2-1-3-6-12/h5H,1-4,6-11H2,(H,18,19)(H2,16,17,20). The van der Waals surface area contributed by atoms with Crippen molar-refractivity contribution in [1.82, 2.24) is 10.6 Å². The largest absolute Gasteiger partial charge is 0.481 e. The summed E-state index contributed by atoms with van der Waals surface area (Å²) in [5, 5.41) is 14.7. The maximum absolute atomic E-state index is 11.7. The molecule has 0 bridgehead atoms. The summed E-state index contributed by atoms with van der Waals surface area (Å²) >= 11 is 0. The molecule has 2 aliphatic rings. The fraction of sp³-hybridized carbons (Fsp3) is 0.733. The van der Waals surface area contributed by atoms with E-state index in [1.54, 1.807) is 0 Å². The van der Waals surface area contributed by atoms with E-state index >= 15 is 0 Å². The molecule has 0 saturated heterocycles. The van der Waals surface area contributed by atoms with Crippen molar-refractivity contribution in [1.29, 1.82) is 0 Å². The second kappa shape index (κ2) is 6.77. The first-order valence-corrected chi connectivity index (χ1v) is 7.55. The number of aliphatic carboxylic acids is 1. The van der Waals surface area contributed by atoms with E-state index in [9.17, 15) is 9.59 Å². The van der Waals surface area contributed by atoms with Crippen LogP contribution < -0.4 is 10.6 Å². The highest BCUT2D eigenvalue weighted by molar-refractivity contribution is 5.78. The Balaban J connectivity index is 1.63. The van der Waals surface area contributed by atoms with Gasteiger partial charge in [-0.3, -0.25) is 4.79 Å². The number of carboxylic acid groups (broad SMARTS) is 1. The van der Waals surface area contributed by atoms with Gasteiger partial charge in [-0.15, -0.1) is 0 Å². The third-order valence-electron chi connectivity index (χ3n) is 4.47. The van der Waals surface area contributed by atoms with E-state index in [0.29, 0.717) is 19.4 Å². The molecule has 2 rings (SSSR count). The van der Waals surface area contributed by atoms with Crippen LogP contribution in [0.5, 0.6) is 0 Å². The van der Waals surface area contributed by atoms with Crippen LogP contribution in [-0.4, -0.2) is 30.2 Å². The third-order valence-corrected chi connectivity index (χ3v) is 4.47. The van der Waals surface area contributed by atoms with Gasteiger partial charge in [-0.25, -0.2) is 4.79 Å². The summed E-state index contributed by atoms with van der Waals surface area (Å²) in [6.45, 7) is 0.856. The Bertz CT molecular complexity index is 400. The van der Waals surface area contributed by atoms with E-state index in [1.807, 2.05) is 0 Å². The van der Waals surface area contributed by atoms with E-state index in [2.05, 4.69) is 16.7 Å². The van der Waals surface area contributed by atoms with E-state index in [0.717, 1.165) is 25.7 Å². The molecule has 5 nitrogen and oxygen atoms in total. The van der Waals surface area contributed by atoms with Crippen LogP contribution in [0, 0.1) is 5.41 Å². The lowest BCUT2D eigenvalue weighted by atomic mass is 9.69. The molecule has 0 spiro atoms. The van der Waals surface area contributed by atoms with Crippen LogP contribution in [0.4, 0.5) is 4.79 Å². The molecule has 0 aromatic carbocycles. The van der Waals surface area contributed by atoms with Gasteiger partial charge in [0, 0.05) is 13.1 Å². The molecule has 0 heterocycles. The summed E-state index contributed by atoms with van der Waals surface area (Å²) < 4.78 is 0. The van der Waals surface area contributed by atoms with Crippen molar-refractivity contribution in [2.24, 2.45) is 5.41 Å². The SMILES string of the molecule is O=C(NCCC1=CCCCC1)NCC1(C(=O)O)CCC1. The molecule has 3 N–H and O–H groups in total. The number of nitrogens with one attached hydrogen (secondary N) is 2. The van der Waals surface area contributed by atoms with Crippen molar-refractivity contribution in [3.63, 3.8) is 0 Å². The number of carboxylic acids is 1. The Morgan fingerprint density at radius 2 is 2.00 bits per heavy atom. The number of allylic oxidation sites excluding steroid dienone is 1. The Labute approximate surface area is 119 Å². The molecule has 1 fully saturated rings. The van der Waals surface area contributed by atoms with Crippen LogP contribution in [0.1, 0.15) is 51.4 Å². The van der Waals surface area contributed by atoms with Crippen molar-refractivity contribution in [2.45, 2.75) is 51.4 Å². The van der Waals surface area contributed by atoms with E-state index in [1.165, 1.54) is 18.4 Å². The average molecular weight is 280 g/mol. The van der Waals surface area contributed by atoms with Crippen LogP contribution in [-0.2, 0) is 4.79 Å². The number of rotatable bonds is 6. The minimum Gasteiger partial charge on any atom is -0.481 e. The molecule has 0 unspecified atom stereocenters. The molecule has 0 aromatic heterocycles. The minimum absolute atomic E-state index is 0.233. The quantitative estimate of drug-likeness (QED) is 0.654. The van der Waals surface area contributed by atoms with Crippen molar-refractivity contribution >= 4 is 12.0 Å². The van der Waals surface area contributed by atoms with Crippen LogP contribution in [0.2, 0.25) is 0 Å². The lowest BCUT2D eigenvalue weighted by molar-refractivity contribution is -0.153. The lowest BCUT2D eigenvalue weighted by Gasteiger charge is -2.37. The second-order valence-electron chi connectivity index (χ2n) is 5.91. The summed E-state index contributed by atoms with van der Waals surface area (Å²) in [5.41, 5.74) is 0.709. The highest BCUT2D eigenvalue weighted by atomic mass is 16.4. The van der Waals surface area contributed by atoms with Crippen molar-refractivity contribution in [3.8, 4) is 0 Å². The van der Waals surface area contributed by atoms with Crippen LogP contribution in [0.25, 0.3) is 0 Å². The molecule has 20 heavy (non-hydrogen) atoms.